The van der Waals surface area contributed by atoms with E-state index in [9.17, 15) is 9.59 Å². The molecule has 0 spiro atoms. The first-order chi connectivity index (χ1) is 7.56. The van der Waals surface area contributed by atoms with Gasteiger partial charge in [0.2, 0.25) is 5.91 Å². The molecule has 0 bridgehead atoms. The second-order valence-corrected chi connectivity index (χ2v) is 3.92. The van der Waals surface area contributed by atoms with Crippen molar-refractivity contribution in [3.05, 3.63) is 0 Å². The van der Waals surface area contributed by atoms with Crippen molar-refractivity contribution in [2.45, 2.75) is 19.4 Å². The standard InChI is InChI=1S/C10H18N2O4/c1-3-15-9(14)4-12-8(13)5-16-10(2)6-11-7-10/h11H,3-7H2,1-2H3,(H,12,13). The molecule has 0 aliphatic carbocycles. The lowest BCUT2D eigenvalue weighted by atomic mass is 10.0. The lowest BCUT2D eigenvalue weighted by Gasteiger charge is -2.38. The van der Waals surface area contributed by atoms with Crippen LogP contribution >= 0.6 is 0 Å². The van der Waals surface area contributed by atoms with Crippen LogP contribution in [-0.2, 0) is 19.1 Å². The first-order valence-electron chi connectivity index (χ1n) is 5.33. The van der Waals surface area contributed by atoms with E-state index in [1.807, 2.05) is 6.92 Å². The number of carbonyl (C=O) groups is 2. The summed E-state index contributed by atoms with van der Waals surface area (Å²) in [6, 6.07) is 0. The van der Waals surface area contributed by atoms with Gasteiger partial charge in [-0.1, -0.05) is 0 Å². The molecule has 6 heteroatoms. The van der Waals surface area contributed by atoms with Gasteiger partial charge in [-0.3, -0.25) is 9.59 Å². The Morgan fingerprint density at radius 2 is 2.12 bits per heavy atom. The highest BCUT2D eigenvalue weighted by Gasteiger charge is 2.32. The molecule has 1 fully saturated rings. The third-order valence-corrected chi connectivity index (χ3v) is 2.28. The summed E-state index contributed by atoms with van der Waals surface area (Å²) in [6.45, 7) is 5.32. The van der Waals surface area contributed by atoms with Gasteiger partial charge < -0.3 is 20.1 Å². The maximum absolute atomic E-state index is 11.3. The van der Waals surface area contributed by atoms with Gasteiger partial charge in [0.05, 0.1) is 12.2 Å². The minimum atomic E-state index is -0.438. The van der Waals surface area contributed by atoms with E-state index in [-0.39, 0.29) is 24.7 Å². The quantitative estimate of drug-likeness (QED) is 0.575. The van der Waals surface area contributed by atoms with Gasteiger partial charge in [0.15, 0.2) is 0 Å². The fourth-order valence-corrected chi connectivity index (χ4v) is 1.25. The van der Waals surface area contributed by atoms with Gasteiger partial charge in [0.1, 0.15) is 13.2 Å². The molecule has 0 aromatic carbocycles. The van der Waals surface area contributed by atoms with Crippen molar-refractivity contribution in [1.82, 2.24) is 10.6 Å². The Bertz CT molecular complexity index is 264. The fraction of sp³-hybridized carbons (Fsp3) is 0.800. The molecule has 0 aromatic rings. The van der Waals surface area contributed by atoms with E-state index >= 15 is 0 Å². The average molecular weight is 230 g/mol. The zero-order valence-electron chi connectivity index (χ0n) is 9.67. The van der Waals surface area contributed by atoms with Crippen LogP contribution in [0.1, 0.15) is 13.8 Å². The molecule has 1 aliphatic rings. The average Bonchev–Trinajstić information content (AvgIpc) is 2.21. The molecule has 6 nitrogen and oxygen atoms in total. The molecule has 1 saturated heterocycles. The Kier molecular flexibility index (Phi) is 4.70. The van der Waals surface area contributed by atoms with Gasteiger partial charge >= 0.3 is 5.97 Å². The van der Waals surface area contributed by atoms with Crippen LogP contribution < -0.4 is 10.6 Å². The molecule has 1 rings (SSSR count). The number of carbonyl (C=O) groups excluding carboxylic acids is 2. The zero-order chi connectivity index (χ0) is 12.0. The van der Waals surface area contributed by atoms with Crippen LogP contribution in [0.2, 0.25) is 0 Å². The number of hydrogen-bond acceptors (Lipinski definition) is 5. The van der Waals surface area contributed by atoms with E-state index in [1.165, 1.54) is 0 Å². The van der Waals surface area contributed by atoms with Crippen molar-refractivity contribution in [3.63, 3.8) is 0 Å². The predicted octanol–water partition coefficient (Wildman–Crippen LogP) is -0.956. The van der Waals surface area contributed by atoms with Gasteiger partial charge in [-0.25, -0.2) is 0 Å². The van der Waals surface area contributed by atoms with Crippen molar-refractivity contribution in [1.29, 1.82) is 0 Å². The second-order valence-electron chi connectivity index (χ2n) is 3.92. The maximum Gasteiger partial charge on any atom is 0.325 e. The van der Waals surface area contributed by atoms with Gasteiger partial charge in [-0.05, 0) is 13.8 Å². The molecule has 1 aliphatic heterocycles. The van der Waals surface area contributed by atoms with Crippen LogP contribution in [0.4, 0.5) is 0 Å². The third-order valence-electron chi connectivity index (χ3n) is 2.28. The van der Waals surface area contributed by atoms with E-state index in [0.29, 0.717) is 6.61 Å². The molecule has 1 heterocycles. The zero-order valence-corrected chi connectivity index (χ0v) is 9.67. The first kappa shape index (κ1) is 12.9. The Hall–Kier alpha value is -1.14. The van der Waals surface area contributed by atoms with Crippen LogP contribution in [0.5, 0.6) is 0 Å². The monoisotopic (exact) mass is 230 g/mol. The summed E-state index contributed by atoms with van der Waals surface area (Å²) in [7, 11) is 0. The van der Waals surface area contributed by atoms with Gasteiger partial charge in [-0.15, -0.1) is 0 Å². The largest absolute Gasteiger partial charge is 0.465 e. The Balaban J connectivity index is 2.09. The molecule has 0 aromatic heterocycles. The highest BCUT2D eigenvalue weighted by atomic mass is 16.5. The van der Waals surface area contributed by atoms with Crippen molar-refractivity contribution in [2.75, 3.05) is 32.8 Å². The number of hydrogen-bond donors (Lipinski definition) is 2. The van der Waals surface area contributed by atoms with Gasteiger partial charge in [0, 0.05) is 13.1 Å². The van der Waals surface area contributed by atoms with Crippen LogP contribution in [-0.4, -0.2) is 50.3 Å². The van der Waals surface area contributed by atoms with Crippen molar-refractivity contribution < 1.29 is 19.1 Å². The molecule has 0 atom stereocenters. The first-order valence-corrected chi connectivity index (χ1v) is 5.33. The molecule has 0 saturated carbocycles. The highest BCUT2D eigenvalue weighted by Crippen LogP contribution is 2.14. The van der Waals surface area contributed by atoms with Crippen molar-refractivity contribution in [2.24, 2.45) is 0 Å². The fourth-order valence-electron chi connectivity index (χ4n) is 1.25. The van der Waals surface area contributed by atoms with E-state index in [1.54, 1.807) is 6.92 Å². The van der Waals surface area contributed by atoms with Crippen LogP contribution in [0.3, 0.4) is 0 Å². The predicted molar refractivity (Wildman–Crippen MR) is 56.9 cm³/mol. The van der Waals surface area contributed by atoms with Crippen LogP contribution in [0.15, 0.2) is 0 Å². The second kappa shape index (κ2) is 5.81. The summed E-state index contributed by atoms with van der Waals surface area (Å²) in [4.78, 5) is 22.2. The van der Waals surface area contributed by atoms with E-state index in [2.05, 4.69) is 15.4 Å². The van der Waals surface area contributed by atoms with Gasteiger partial charge in [-0.2, -0.15) is 0 Å². The Morgan fingerprint density at radius 1 is 1.44 bits per heavy atom. The maximum atomic E-state index is 11.3. The molecular weight excluding hydrogens is 212 g/mol. The molecule has 92 valence electrons. The summed E-state index contributed by atoms with van der Waals surface area (Å²) in [5.41, 5.74) is -0.249. The lowest BCUT2D eigenvalue weighted by Crippen LogP contribution is -2.59. The molecule has 2 N–H and O–H groups in total. The summed E-state index contributed by atoms with van der Waals surface area (Å²) in [6.07, 6.45) is 0. The minimum absolute atomic E-state index is 0.0302. The van der Waals surface area contributed by atoms with Crippen molar-refractivity contribution >= 4 is 11.9 Å². The summed E-state index contributed by atoms with van der Waals surface area (Å²) in [5, 5.41) is 5.49. The number of esters is 1. The molecule has 16 heavy (non-hydrogen) atoms. The smallest absolute Gasteiger partial charge is 0.325 e. The lowest BCUT2D eigenvalue weighted by molar-refractivity contribution is -0.145. The van der Waals surface area contributed by atoms with Crippen molar-refractivity contribution in [3.8, 4) is 0 Å². The Morgan fingerprint density at radius 3 is 2.62 bits per heavy atom. The van der Waals surface area contributed by atoms with Crippen LogP contribution in [0, 0.1) is 0 Å². The normalized spacial score (nSPS) is 17.4. The minimum Gasteiger partial charge on any atom is -0.465 e. The van der Waals surface area contributed by atoms with E-state index in [4.69, 9.17) is 4.74 Å². The molecule has 1 amide bonds. The third kappa shape index (κ3) is 4.16. The summed E-state index contributed by atoms with van der Waals surface area (Å²) in [5.74, 6) is -0.742. The Labute approximate surface area is 94.7 Å². The summed E-state index contributed by atoms with van der Waals surface area (Å²) >= 11 is 0. The van der Waals surface area contributed by atoms with E-state index in [0.717, 1.165) is 13.1 Å². The van der Waals surface area contributed by atoms with Crippen LogP contribution in [0.25, 0.3) is 0 Å². The summed E-state index contributed by atoms with van der Waals surface area (Å²) < 4.78 is 10.1. The number of nitrogens with one attached hydrogen (secondary N) is 2. The molecule has 0 radical (unpaired) electrons. The topological polar surface area (TPSA) is 76.7 Å². The SMILES string of the molecule is CCOC(=O)CNC(=O)COC1(C)CNC1. The molecular formula is C10H18N2O4. The number of rotatable bonds is 6. The van der Waals surface area contributed by atoms with E-state index < -0.39 is 5.97 Å². The molecule has 0 unspecified atom stereocenters. The highest BCUT2D eigenvalue weighted by molar-refractivity contribution is 5.82. The number of amides is 1. The number of ether oxygens (including phenoxy) is 2. The van der Waals surface area contributed by atoms with Gasteiger partial charge in [0.25, 0.3) is 0 Å².